The molecule has 0 aliphatic heterocycles. The Morgan fingerprint density at radius 2 is 2.27 bits per heavy atom. The molecule has 1 aromatic carbocycles. The van der Waals surface area contributed by atoms with Crippen LogP contribution in [-0.4, -0.2) is 19.6 Å². The first-order valence-electron chi connectivity index (χ1n) is 4.43. The van der Waals surface area contributed by atoms with Gasteiger partial charge in [-0.05, 0) is 18.6 Å². The van der Waals surface area contributed by atoms with Crippen molar-refractivity contribution >= 4 is 23.2 Å². The van der Waals surface area contributed by atoms with Crippen molar-refractivity contribution in [2.45, 2.75) is 6.92 Å². The molecule has 0 atom stereocenters. The number of rotatable bonds is 3. The summed E-state index contributed by atoms with van der Waals surface area (Å²) < 4.78 is 5.20. The van der Waals surface area contributed by atoms with E-state index in [9.17, 15) is 4.79 Å². The fourth-order valence-corrected chi connectivity index (χ4v) is 1.27. The highest BCUT2D eigenvalue weighted by Crippen LogP contribution is 2.29. The zero-order valence-electron chi connectivity index (χ0n) is 8.63. The van der Waals surface area contributed by atoms with Crippen molar-refractivity contribution in [1.29, 1.82) is 0 Å². The molecule has 3 N–H and O–H groups in total. The zero-order valence-corrected chi connectivity index (χ0v) is 9.39. The van der Waals surface area contributed by atoms with Gasteiger partial charge in [0.15, 0.2) is 6.61 Å². The number of ether oxygens (including phenoxy) is 1. The van der Waals surface area contributed by atoms with Crippen LogP contribution < -0.4 is 15.8 Å². The third-order valence-corrected chi connectivity index (χ3v) is 2.25. The molecule has 0 heterocycles. The number of anilines is 1. The van der Waals surface area contributed by atoms with Crippen LogP contribution in [0.25, 0.3) is 0 Å². The van der Waals surface area contributed by atoms with Gasteiger partial charge in [0.1, 0.15) is 5.75 Å². The fourth-order valence-electron chi connectivity index (χ4n) is 0.995. The van der Waals surface area contributed by atoms with E-state index in [0.717, 1.165) is 5.56 Å². The number of amides is 1. The summed E-state index contributed by atoms with van der Waals surface area (Å²) in [6, 6.07) is 3.32. The van der Waals surface area contributed by atoms with E-state index < -0.39 is 0 Å². The van der Waals surface area contributed by atoms with Gasteiger partial charge in [-0.1, -0.05) is 11.6 Å². The number of hydrogen-bond donors (Lipinski definition) is 2. The second-order valence-corrected chi connectivity index (χ2v) is 3.51. The predicted octanol–water partition coefficient (Wildman–Crippen LogP) is 1.36. The summed E-state index contributed by atoms with van der Waals surface area (Å²) in [6.07, 6.45) is 0. The van der Waals surface area contributed by atoms with E-state index in [-0.39, 0.29) is 12.5 Å². The molecule has 0 aromatic heterocycles. The topological polar surface area (TPSA) is 64.3 Å². The van der Waals surface area contributed by atoms with Crippen LogP contribution >= 0.6 is 11.6 Å². The first-order valence-corrected chi connectivity index (χ1v) is 4.81. The van der Waals surface area contributed by atoms with Gasteiger partial charge < -0.3 is 15.8 Å². The monoisotopic (exact) mass is 228 g/mol. The number of carbonyl (C=O) groups is 1. The molecule has 0 bridgehead atoms. The van der Waals surface area contributed by atoms with Crippen LogP contribution in [-0.2, 0) is 4.79 Å². The van der Waals surface area contributed by atoms with E-state index in [2.05, 4.69) is 5.32 Å². The molecule has 0 saturated heterocycles. The number of likely N-dealkylation sites (N-methyl/N-ethyl adjacent to an activating group) is 1. The lowest BCUT2D eigenvalue weighted by atomic mass is 10.2. The maximum atomic E-state index is 10.9. The van der Waals surface area contributed by atoms with Crippen LogP contribution in [0.3, 0.4) is 0 Å². The van der Waals surface area contributed by atoms with Crippen LogP contribution in [0.15, 0.2) is 12.1 Å². The smallest absolute Gasteiger partial charge is 0.257 e. The molecule has 82 valence electrons. The largest absolute Gasteiger partial charge is 0.482 e. The first kappa shape index (κ1) is 11.7. The summed E-state index contributed by atoms with van der Waals surface area (Å²) in [5.41, 5.74) is 7.16. The summed E-state index contributed by atoms with van der Waals surface area (Å²) in [6.45, 7) is 1.78. The SMILES string of the molecule is CNC(=O)COc1cc(N)c(C)cc1Cl. The molecule has 0 spiro atoms. The Kier molecular flexibility index (Phi) is 3.80. The van der Waals surface area contributed by atoms with Gasteiger partial charge in [-0.25, -0.2) is 0 Å². The molecule has 0 unspecified atom stereocenters. The van der Waals surface area contributed by atoms with Crippen LogP contribution in [0.5, 0.6) is 5.75 Å². The van der Waals surface area contributed by atoms with Gasteiger partial charge in [0.2, 0.25) is 0 Å². The van der Waals surface area contributed by atoms with Crippen molar-refractivity contribution in [3.05, 3.63) is 22.7 Å². The molecule has 1 amide bonds. The van der Waals surface area contributed by atoms with Gasteiger partial charge in [0.05, 0.1) is 5.02 Å². The highest BCUT2D eigenvalue weighted by atomic mass is 35.5. The molecule has 4 nitrogen and oxygen atoms in total. The summed E-state index contributed by atoms with van der Waals surface area (Å²) >= 11 is 5.92. The minimum Gasteiger partial charge on any atom is -0.482 e. The maximum absolute atomic E-state index is 10.9. The van der Waals surface area contributed by atoms with E-state index in [0.29, 0.717) is 16.5 Å². The van der Waals surface area contributed by atoms with Gasteiger partial charge >= 0.3 is 0 Å². The molecule has 0 aliphatic rings. The van der Waals surface area contributed by atoms with Crippen LogP contribution in [0.2, 0.25) is 5.02 Å². The molecule has 15 heavy (non-hydrogen) atoms. The van der Waals surface area contributed by atoms with Crippen molar-refractivity contribution in [2.75, 3.05) is 19.4 Å². The predicted molar refractivity (Wildman–Crippen MR) is 60.2 cm³/mol. The Morgan fingerprint density at radius 1 is 1.60 bits per heavy atom. The standard InChI is InChI=1S/C10H13ClN2O2/c1-6-3-7(11)9(4-8(6)12)15-5-10(14)13-2/h3-4H,5,12H2,1-2H3,(H,13,14). The number of benzene rings is 1. The molecule has 1 rings (SSSR count). The summed E-state index contributed by atoms with van der Waals surface area (Å²) in [4.78, 5) is 10.9. The van der Waals surface area contributed by atoms with Crippen LogP contribution in [0.1, 0.15) is 5.56 Å². The number of nitrogens with one attached hydrogen (secondary N) is 1. The van der Waals surface area contributed by atoms with E-state index in [1.54, 1.807) is 12.1 Å². The van der Waals surface area contributed by atoms with Gasteiger partial charge in [0, 0.05) is 18.8 Å². The third-order valence-electron chi connectivity index (χ3n) is 1.96. The van der Waals surface area contributed by atoms with Crippen molar-refractivity contribution in [1.82, 2.24) is 5.32 Å². The Labute approximate surface area is 93.4 Å². The van der Waals surface area contributed by atoms with Gasteiger partial charge in [-0.15, -0.1) is 0 Å². The number of hydrogen-bond acceptors (Lipinski definition) is 3. The molecule has 0 saturated carbocycles. The lowest BCUT2D eigenvalue weighted by Gasteiger charge is -2.09. The van der Waals surface area contributed by atoms with Crippen LogP contribution in [0.4, 0.5) is 5.69 Å². The van der Waals surface area contributed by atoms with Gasteiger partial charge in [-0.3, -0.25) is 4.79 Å². The molecule has 5 heteroatoms. The fraction of sp³-hybridized carbons (Fsp3) is 0.300. The number of nitrogen functional groups attached to an aromatic ring is 1. The maximum Gasteiger partial charge on any atom is 0.257 e. The van der Waals surface area contributed by atoms with Crippen LogP contribution in [0, 0.1) is 6.92 Å². The molecule has 1 aromatic rings. The second kappa shape index (κ2) is 4.89. The zero-order chi connectivity index (χ0) is 11.4. The number of nitrogens with two attached hydrogens (primary N) is 1. The van der Waals surface area contributed by atoms with Crippen molar-refractivity contribution in [3.8, 4) is 5.75 Å². The van der Waals surface area contributed by atoms with Gasteiger partial charge in [-0.2, -0.15) is 0 Å². The highest BCUT2D eigenvalue weighted by Gasteiger charge is 2.06. The minimum atomic E-state index is -0.217. The molecule has 0 fully saturated rings. The quantitative estimate of drug-likeness (QED) is 0.768. The average molecular weight is 229 g/mol. The van der Waals surface area contributed by atoms with Crippen molar-refractivity contribution < 1.29 is 9.53 Å². The first-order chi connectivity index (χ1) is 7.04. The van der Waals surface area contributed by atoms with E-state index >= 15 is 0 Å². The number of aryl methyl sites for hydroxylation is 1. The minimum absolute atomic E-state index is 0.0707. The molecular formula is C10H13ClN2O2. The lowest BCUT2D eigenvalue weighted by molar-refractivity contribution is -0.122. The Hall–Kier alpha value is -1.42. The van der Waals surface area contributed by atoms with Crippen molar-refractivity contribution in [3.63, 3.8) is 0 Å². The van der Waals surface area contributed by atoms with E-state index in [1.807, 2.05) is 6.92 Å². The molecular weight excluding hydrogens is 216 g/mol. The Morgan fingerprint density at radius 3 is 2.87 bits per heavy atom. The number of carbonyl (C=O) groups excluding carboxylic acids is 1. The average Bonchev–Trinajstić information content (AvgIpc) is 2.21. The second-order valence-electron chi connectivity index (χ2n) is 3.10. The van der Waals surface area contributed by atoms with E-state index in [1.165, 1.54) is 7.05 Å². The summed E-state index contributed by atoms with van der Waals surface area (Å²) in [5.74, 6) is 0.202. The highest BCUT2D eigenvalue weighted by molar-refractivity contribution is 6.32. The third kappa shape index (κ3) is 3.02. The molecule has 0 radical (unpaired) electrons. The number of halogens is 1. The van der Waals surface area contributed by atoms with E-state index in [4.69, 9.17) is 22.1 Å². The van der Waals surface area contributed by atoms with Gasteiger partial charge in [0.25, 0.3) is 5.91 Å². The summed E-state index contributed by atoms with van der Waals surface area (Å²) in [7, 11) is 1.54. The van der Waals surface area contributed by atoms with Crippen molar-refractivity contribution in [2.24, 2.45) is 0 Å². The Balaban J connectivity index is 2.77. The lowest BCUT2D eigenvalue weighted by Crippen LogP contribution is -2.24. The Bertz CT molecular complexity index is 380. The normalized spacial score (nSPS) is 9.80. The molecule has 0 aliphatic carbocycles. The summed E-state index contributed by atoms with van der Waals surface area (Å²) in [5, 5.41) is 2.89.